The number of amides is 2. The van der Waals surface area contributed by atoms with Crippen molar-refractivity contribution in [2.45, 2.75) is 15.7 Å². The van der Waals surface area contributed by atoms with Gasteiger partial charge in [-0.25, -0.2) is 21.6 Å². The number of sulfone groups is 2. The number of urea groups is 1. The third kappa shape index (κ3) is 3.40. The normalized spacial score (nSPS) is 14.5. The van der Waals surface area contributed by atoms with Gasteiger partial charge in [0.1, 0.15) is 0 Å². The van der Waals surface area contributed by atoms with Gasteiger partial charge in [-0.2, -0.15) is 26.3 Å². The standard InChI is InChI=1S/C4H4F6N2O5S2/c5-3(6,7)18(14,15)2(12-1(11)13)19(16,17)4(8,9)10/h2H,(H3,11,12,13). The Morgan fingerprint density at radius 1 is 0.895 bits per heavy atom. The quantitative estimate of drug-likeness (QED) is 0.690. The zero-order valence-electron chi connectivity index (χ0n) is 8.28. The van der Waals surface area contributed by atoms with Gasteiger partial charge in [0.15, 0.2) is 0 Å². The number of carbonyl (C=O) groups is 1. The molecule has 0 aromatic carbocycles. The Hall–Kier alpha value is -1.25. The van der Waals surface area contributed by atoms with Crippen LogP contribution >= 0.6 is 0 Å². The van der Waals surface area contributed by atoms with Crippen molar-refractivity contribution >= 4 is 25.7 Å². The molecule has 114 valence electrons. The molecule has 0 aromatic heterocycles. The van der Waals surface area contributed by atoms with Crippen molar-refractivity contribution in [1.29, 1.82) is 0 Å². The highest BCUT2D eigenvalue weighted by molar-refractivity contribution is 8.09. The number of rotatable bonds is 3. The van der Waals surface area contributed by atoms with Crippen LogP contribution in [-0.2, 0) is 19.7 Å². The van der Waals surface area contributed by atoms with Crippen LogP contribution in [0.25, 0.3) is 0 Å². The molecule has 7 nitrogen and oxygen atoms in total. The highest BCUT2D eigenvalue weighted by Gasteiger charge is 2.63. The number of hydrogen-bond acceptors (Lipinski definition) is 5. The molecule has 0 aliphatic carbocycles. The maximum atomic E-state index is 12.0. The molecule has 0 atom stereocenters. The average Bonchev–Trinajstić information content (AvgIpc) is 2.09. The van der Waals surface area contributed by atoms with Gasteiger partial charge in [0.2, 0.25) is 0 Å². The highest BCUT2D eigenvalue weighted by atomic mass is 32.3. The van der Waals surface area contributed by atoms with Crippen LogP contribution in [0.3, 0.4) is 0 Å². The van der Waals surface area contributed by atoms with Crippen LogP contribution < -0.4 is 11.1 Å². The zero-order valence-corrected chi connectivity index (χ0v) is 9.91. The summed E-state index contributed by atoms with van der Waals surface area (Å²) in [6.07, 6.45) is 0. The van der Waals surface area contributed by atoms with Gasteiger partial charge in [0.25, 0.3) is 24.4 Å². The summed E-state index contributed by atoms with van der Waals surface area (Å²) < 4.78 is 111. The van der Waals surface area contributed by atoms with Crippen molar-refractivity contribution in [1.82, 2.24) is 5.32 Å². The van der Waals surface area contributed by atoms with E-state index in [0.717, 1.165) is 0 Å². The second kappa shape index (κ2) is 4.69. The van der Waals surface area contributed by atoms with Crippen LogP contribution in [0.5, 0.6) is 0 Å². The molecule has 3 N–H and O–H groups in total. The fourth-order valence-corrected chi connectivity index (χ4v) is 3.70. The second-order valence-electron chi connectivity index (χ2n) is 2.82. The number of alkyl halides is 6. The van der Waals surface area contributed by atoms with E-state index in [9.17, 15) is 48.0 Å². The lowest BCUT2D eigenvalue weighted by molar-refractivity contribution is -0.0473. The highest BCUT2D eigenvalue weighted by Crippen LogP contribution is 2.34. The Kier molecular flexibility index (Phi) is 4.39. The van der Waals surface area contributed by atoms with Crippen LogP contribution in [0.4, 0.5) is 31.1 Å². The maximum Gasteiger partial charge on any atom is 0.500 e. The molecule has 0 heterocycles. The Bertz CT molecular complexity index is 515. The Morgan fingerprint density at radius 3 is 1.32 bits per heavy atom. The van der Waals surface area contributed by atoms with E-state index in [1.54, 1.807) is 0 Å². The molecule has 2 amide bonds. The molecular formula is C4H4F6N2O5S2. The van der Waals surface area contributed by atoms with Gasteiger partial charge in [-0.05, 0) is 0 Å². The number of nitrogens with two attached hydrogens (primary N) is 1. The summed E-state index contributed by atoms with van der Waals surface area (Å²) >= 11 is 0. The van der Waals surface area contributed by atoms with Gasteiger partial charge in [0.05, 0.1) is 0 Å². The molecule has 0 rings (SSSR count). The molecule has 0 unspecified atom stereocenters. The minimum atomic E-state index is -6.89. The lowest BCUT2D eigenvalue weighted by Gasteiger charge is -2.20. The van der Waals surface area contributed by atoms with E-state index in [0.29, 0.717) is 5.32 Å². The molecule has 0 aliphatic rings. The predicted octanol–water partition coefficient (Wildman–Crippen LogP) is -0.192. The fourth-order valence-electron chi connectivity index (χ4n) is 0.681. The molecule has 0 bridgehead atoms. The number of carbonyl (C=O) groups excluding carboxylic acids is 1. The molecule has 0 fully saturated rings. The minimum Gasteiger partial charge on any atom is -0.352 e. The summed E-state index contributed by atoms with van der Waals surface area (Å²) in [5.41, 5.74) is -8.54. The van der Waals surface area contributed by atoms with Crippen LogP contribution in [0.2, 0.25) is 0 Å². The Balaban J connectivity index is 6.12. The summed E-state index contributed by atoms with van der Waals surface area (Å²) in [5, 5.41) is 0.396. The number of nitrogens with one attached hydrogen (secondary N) is 1. The van der Waals surface area contributed by atoms with Crippen LogP contribution in [0, 0.1) is 0 Å². The van der Waals surface area contributed by atoms with Gasteiger partial charge >= 0.3 is 17.0 Å². The third-order valence-electron chi connectivity index (χ3n) is 1.47. The maximum absolute atomic E-state index is 12.0. The molecule has 0 radical (unpaired) electrons. The van der Waals surface area contributed by atoms with Crippen molar-refractivity contribution in [3.05, 3.63) is 0 Å². The van der Waals surface area contributed by atoms with Gasteiger partial charge in [0, 0.05) is 0 Å². The molecule has 0 aliphatic heterocycles. The summed E-state index contributed by atoms with van der Waals surface area (Å²) in [6, 6.07) is -2.20. The van der Waals surface area contributed by atoms with Crippen molar-refractivity contribution in [2.75, 3.05) is 0 Å². The molecule has 0 saturated heterocycles. The van der Waals surface area contributed by atoms with Gasteiger partial charge in [-0.3, -0.25) is 0 Å². The number of primary amides is 1. The van der Waals surface area contributed by atoms with E-state index in [1.807, 2.05) is 0 Å². The lowest BCUT2D eigenvalue weighted by Crippen LogP contribution is -2.55. The van der Waals surface area contributed by atoms with Gasteiger partial charge < -0.3 is 11.1 Å². The summed E-state index contributed by atoms with van der Waals surface area (Å²) in [4.78, 5) is 10.2. The molecular weight excluding hydrogens is 334 g/mol. The van der Waals surface area contributed by atoms with E-state index in [-0.39, 0.29) is 0 Å². The summed E-state index contributed by atoms with van der Waals surface area (Å²) in [7, 11) is -13.8. The van der Waals surface area contributed by atoms with E-state index < -0.39 is 41.4 Å². The van der Waals surface area contributed by atoms with E-state index in [4.69, 9.17) is 0 Å². The lowest BCUT2D eigenvalue weighted by atomic mass is 11.0. The van der Waals surface area contributed by atoms with Crippen LogP contribution in [0.1, 0.15) is 0 Å². The third-order valence-corrected chi connectivity index (χ3v) is 5.64. The van der Waals surface area contributed by atoms with Gasteiger partial charge in [-0.1, -0.05) is 0 Å². The first-order valence-electron chi connectivity index (χ1n) is 3.71. The Morgan fingerprint density at radius 2 is 1.16 bits per heavy atom. The summed E-state index contributed by atoms with van der Waals surface area (Å²) in [6.45, 7) is 0. The van der Waals surface area contributed by atoms with Crippen LogP contribution in [-0.4, -0.2) is 38.6 Å². The van der Waals surface area contributed by atoms with Crippen LogP contribution in [0.15, 0.2) is 0 Å². The largest absolute Gasteiger partial charge is 0.500 e. The molecule has 15 heteroatoms. The van der Waals surface area contributed by atoms with E-state index in [1.165, 1.54) is 0 Å². The monoisotopic (exact) mass is 338 g/mol. The summed E-state index contributed by atoms with van der Waals surface area (Å²) in [5.74, 6) is 0. The topological polar surface area (TPSA) is 123 Å². The van der Waals surface area contributed by atoms with E-state index >= 15 is 0 Å². The fraction of sp³-hybridized carbons (Fsp3) is 0.750. The Labute approximate surface area is 101 Å². The second-order valence-corrected chi connectivity index (χ2v) is 7.17. The van der Waals surface area contributed by atoms with Crippen molar-refractivity contribution in [2.24, 2.45) is 5.73 Å². The first-order chi connectivity index (χ1) is 8.05. The SMILES string of the molecule is NC(=O)NC(S(=O)(=O)C(F)(F)F)S(=O)(=O)C(F)(F)F. The molecule has 19 heavy (non-hydrogen) atoms. The predicted molar refractivity (Wildman–Crippen MR) is 46.5 cm³/mol. The first kappa shape index (κ1) is 17.8. The number of halogens is 6. The van der Waals surface area contributed by atoms with E-state index in [2.05, 4.69) is 5.73 Å². The van der Waals surface area contributed by atoms with Crippen molar-refractivity contribution in [3.8, 4) is 0 Å². The zero-order chi connectivity index (χ0) is 15.9. The molecule has 0 spiro atoms. The van der Waals surface area contributed by atoms with Gasteiger partial charge in [-0.15, -0.1) is 0 Å². The molecule has 0 saturated carbocycles. The number of hydrogen-bond donors (Lipinski definition) is 2. The van der Waals surface area contributed by atoms with Crippen molar-refractivity contribution < 1.29 is 48.0 Å². The average molecular weight is 338 g/mol. The molecule has 0 aromatic rings. The smallest absolute Gasteiger partial charge is 0.352 e. The first-order valence-corrected chi connectivity index (χ1v) is 6.80. The minimum absolute atomic E-state index is 0.396. The van der Waals surface area contributed by atoms with Crippen molar-refractivity contribution in [3.63, 3.8) is 0 Å².